The molecule has 0 saturated heterocycles. The minimum absolute atomic E-state index is 0.189. The summed E-state index contributed by atoms with van der Waals surface area (Å²) in [5.74, 6) is -0.534. The normalized spacial score (nSPS) is 19.0. The highest BCUT2D eigenvalue weighted by atomic mass is 28.4. The number of hydrogen-bond acceptors (Lipinski definition) is 5. The van der Waals surface area contributed by atoms with Crippen LogP contribution in [0.5, 0.6) is 0 Å². The van der Waals surface area contributed by atoms with E-state index in [2.05, 4.69) is 63.2 Å². The summed E-state index contributed by atoms with van der Waals surface area (Å²) in [7, 11) is -1.78. The number of nitrogens with two attached hydrogens (primary N) is 1. The average molecular weight is 555 g/mol. The van der Waals surface area contributed by atoms with Crippen molar-refractivity contribution in [3.8, 4) is 0 Å². The molecule has 2 aliphatic rings. The van der Waals surface area contributed by atoms with Crippen molar-refractivity contribution < 1.29 is 18.8 Å². The molecule has 9 heteroatoms. The van der Waals surface area contributed by atoms with Gasteiger partial charge in [0.05, 0.1) is 18.3 Å². The number of fused-ring (bicyclic) bond motifs is 1. The largest absolute Gasteiger partial charge is 0.444 e. The second kappa shape index (κ2) is 10.1. The summed E-state index contributed by atoms with van der Waals surface area (Å²) in [4.78, 5) is 27.4. The fourth-order valence-electron chi connectivity index (χ4n) is 5.27. The van der Waals surface area contributed by atoms with E-state index < -0.39 is 19.8 Å². The van der Waals surface area contributed by atoms with Crippen LogP contribution in [-0.4, -0.2) is 53.8 Å². The van der Waals surface area contributed by atoms with Gasteiger partial charge in [-0.05, 0) is 76.2 Å². The molecule has 1 aliphatic carbocycles. The SMILES string of the molecule is CC1c2c(C3(c4ccc(CCO[Si](C)(C)C(C)(C)C)cc4)CC3)c(C(N)=O)nn2CCN1C(=O)OC(C)(C)C. The van der Waals surface area contributed by atoms with Gasteiger partial charge in [-0.3, -0.25) is 14.4 Å². The topological polar surface area (TPSA) is 99.7 Å². The van der Waals surface area contributed by atoms with Gasteiger partial charge in [-0.15, -0.1) is 0 Å². The molecule has 2 aromatic rings. The second-order valence-corrected chi connectivity index (χ2v) is 18.5. The maximum atomic E-state index is 13.0. The molecule has 2 heterocycles. The number of aromatic nitrogens is 2. The molecule has 0 bridgehead atoms. The van der Waals surface area contributed by atoms with E-state index in [-0.39, 0.29) is 22.6 Å². The quantitative estimate of drug-likeness (QED) is 0.427. The number of nitrogens with zero attached hydrogens (tertiary/aromatic N) is 3. The van der Waals surface area contributed by atoms with Crippen LogP contribution < -0.4 is 5.73 Å². The van der Waals surface area contributed by atoms with E-state index >= 15 is 0 Å². The Morgan fingerprint density at radius 1 is 1.08 bits per heavy atom. The predicted molar refractivity (Wildman–Crippen MR) is 155 cm³/mol. The van der Waals surface area contributed by atoms with Crippen molar-refractivity contribution in [3.63, 3.8) is 0 Å². The summed E-state index contributed by atoms with van der Waals surface area (Å²) in [5.41, 5.74) is 9.37. The Morgan fingerprint density at radius 3 is 2.21 bits per heavy atom. The fourth-order valence-corrected chi connectivity index (χ4v) is 6.31. The van der Waals surface area contributed by atoms with Gasteiger partial charge in [-0.2, -0.15) is 5.10 Å². The van der Waals surface area contributed by atoms with Gasteiger partial charge < -0.3 is 14.9 Å². The molecule has 2 N–H and O–H groups in total. The van der Waals surface area contributed by atoms with Gasteiger partial charge in [0.25, 0.3) is 5.91 Å². The molecule has 214 valence electrons. The van der Waals surface area contributed by atoms with Crippen molar-refractivity contribution >= 4 is 20.3 Å². The van der Waals surface area contributed by atoms with Crippen LogP contribution >= 0.6 is 0 Å². The lowest BCUT2D eigenvalue weighted by Gasteiger charge is -2.36. The number of hydrogen-bond donors (Lipinski definition) is 1. The highest BCUT2D eigenvalue weighted by molar-refractivity contribution is 6.74. The monoisotopic (exact) mass is 554 g/mol. The highest BCUT2D eigenvalue weighted by Crippen LogP contribution is 2.57. The summed E-state index contributed by atoms with van der Waals surface area (Å²) < 4.78 is 13.9. The van der Waals surface area contributed by atoms with Crippen LogP contribution in [0.1, 0.15) is 100 Å². The number of amides is 2. The smallest absolute Gasteiger partial charge is 0.410 e. The number of benzene rings is 1. The number of ether oxygens (including phenoxy) is 1. The van der Waals surface area contributed by atoms with Crippen molar-refractivity contribution in [3.05, 3.63) is 52.3 Å². The lowest BCUT2D eigenvalue weighted by Crippen LogP contribution is -2.44. The van der Waals surface area contributed by atoms with Crippen molar-refractivity contribution in [1.29, 1.82) is 0 Å². The van der Waals surface area contributed by atoms with Crippen LogP contribution in [0.15, 0.2) is 24.3 Å². The lowest BCUT2D eigenvalue weighted by atomic mass is 9.84. The second-order valence-electron chi connectivity index (χ2n) is 13.7. The van der Waals surface area contributed by atoms with E-state index in [4.69, 9.17) is 14.9 Å². The minimum atomic E-state index is -1.78. The molecule has 8 nitrogen and oxygen atoms in total. The Kier molecular flexibility index (Phi) is 7.57. The molecular formula is C30H46N4O4Si. The van der Waals surface area contributed by atoms with E-state index in [1.54, 1.807) is 4.90 Å². The zero-order valence-electron chi connectivity index (χ0n) is 25.2. The van der Waals surface area contributed by atoms with Gasteiger partial charge in [0.1, 0.15) is 5.60 Å². The molecule has 1 saturated carbocycles. The van der Waals surface area contributed by atoms with Crippen molar-refractivity contribution in [2.45, 2.75) is 109 Å². The Labute approximate surface area is 234 Å². The number of rotatable bonds is 7. The maximum Gasteiger partial charge on any atom is 0.410 e. The van der Waals surface area contributed by atoms with Gasteiger partial charge in [0.2, 0.25) is 0 Å². The van der Waals surface area contributed by atoms with Crippen LogP contribution in [0, 0.1) is 0 Å². The molecule has 1 aromatic carbocycles. The third-order valence-electron chi connectivity index (χ3n) is 8.66. The van der Waals surface area contributed by atoms with E-state index in [0.717, 1.165) is 36.1 Å². The number of primary amides is 1. The predicted octanol–water partition coefficient (Wildman–Crippen LogP) is 5.94. The zero-order chi connectivity index (χ0) is 29.0. The van der Waals surface area contributed by atoms with E-state index in [1.165, 1.54) is 5.56 Å². The summed E-state index contributed by atoms with van der Waals surface area (Å²) >= 11 is 0. The molecule has 39 heavy (non-hydrogen) atoms. The third kappa shape index (κ3) is 5.80. The summed E-state index contributed by atoms with van der Waals surface area (Å²) in [6.45, 7) is 20.6. The fraction of sp³-hybridized carbons (Fsp3) is 0.633. The minimum Gasteiger partial charge on any atom is -0.444 e. The molecule has 1 unspecified atom stereocenters. The van der Waals surface area contributed by atoms with E-state index in [9.17, 15) is 9.59 Å². The first-order chi connectivity index (χ1) is 18.0. The van der Waals surface area contributed by atoms with Gasteiger partial charge in [-0.25, -0.2) is 4.79 Å². The van der Waals surface area contributed by atoms with Crippen LogP contribution in [0.3, 0.4) is 0 Å². The molecule has 1 atom stereocenters. The number of carbonyl (C=O) groups is 2. The molecule has 0 radical (unpaired) electrons. The molecule has 1 aliphatic heterocycles. The Balaban J connectivity index is 1.60. The molecule has 1 fully saturated rings. The van der Waals surface area contributed by atoms with Gasteiger partial charge in [0, 0.05) is 24.1 Å². The summed E-state index contributed by atoms with van der Waals surface area (Å²) in [6.07, 6.45) is 2.30. The molecular weight excluding hydrogens is 508 g/mol. The van der Waals surface area contributed by atoms with Crippen molar-refractivity contribution in [2.24, 2.45) is 5.73 Å². The van der Waals surface area contributed by atoms with Gasteiger partial charge in [0.15, 0.2) is 14.0 Å². The molecule has 0 spiro atoms. The Bertz CT molecular complexity index is 1230. The first-order valence-electron chi connectivity index (χ1n) is 14.1. The van der Waals surface area contributed by atoms with Crippen LogP contribution in [0.25, 0.3) is 0 Å². The summed E-state index contributed by atoms with van der Waals surface area (Å²) in [5, 5.41) is 4.84. The molecule has 1 aromatic heterocycles. The standard InChI is InChI=1S/C30H46N4O4Si/c1-20-25-23(24(26(31)35)32-34(25)18-17-33(20)27(36)38-28(2,3)4)30(15-16-30)22-12-10-21(11-13-22)14-19-37-39(8,9)29(5,6)7/h10-13,20H,14-19H2,1-9H3,(H2,31,35). The van der Waals surface area contributed by atoms with Crippen LogP contribution in [0.2, 0.25) is 18.1 Å². The van der Waals surface area contributed by atoms with Gasteiger partial charge in [-0.1, -0.05) is 45.0 Å². The first kappa shape index (κ1) is 29.3. The lowest BCUT2D eigenvalue weighted by molar-refractivity contribution is 0.0119. The van der Waals surface area contributed by atoms with E-state index in [0.29, 0.717) is 25.4 Å². The van der Waals surface area contributed by atoms with E-state index in [1.807, 2.05) is 32.4 Å². The third-order valence-corrected chi connectivity index (χ3v) is 13.2. The Hall–Kier alpha value is -2.65. The summed E-state index contributed by atoms with van der Waals surface area (Å²) in [6, 6.07) is 8.38. The van der Waals surface area contributed by atoms with Crippen molar-refractivity contribution in [2.75, 3.05) is 13.2 Å². The van der Waals surface area contributed by atoms with Crippen molar-refractivity contribution in [1.82, 2.24) is 14.7 Å². The molecule has 2 amide bonds. The van der Waals surface area contributed by atoms with Crippen LogP contribution in [-0.2, 0) is 27.5 Å². The Morgan fingerprint density at radius 2 is 1.69 bits per heavy atom. The zero-order valence-corrected chi connectivity index (χ0v) is 26.2. The van der Waals surface area contributed by atoms with Gasteiger partial charge >= 0.3 is 6.09 Å². The average Bonchev–Trinajstić information content (AvgIpc) is 3.50. The maximum absolute atomic E-state index is 13.0. The van der Waals surface area contributed by atoms with Crippen LogP contribution in [0.4, 0.5) is 4.79 Å². The number of carbonyl (C=O) groups excluding carboxylic acids is 2. The molecule has 4 rings (SSSR count). The first-order valence-corrected chi connectivity index (χ1v) is 17.0. The highest BCUT2D eigenvalue weighted by Gasteiger charge is 2.52.